The fourth-order valence-corrected chi connectivity index (χ4v) is 2.10. The van der Waals surface area contributed by atoms with E-state index in [-0.39, 0.29) is 5.82 Å². The Morgan fingerprint density at radius 2 is 2.28 bits per heavy atom. The molecule has 0 unspecified atom stereocenters. The molecule has 0 amide bonds. The minimum atomic E-state index is -0.294. The van der Waals surface area contributed by atoms with Gasteiger partial charge in [-0.05, 0) is 31.2 Å². The third-order valence-electron chi connectivity index (χ3n) is 2.53. The van der Waals surface area contributed by atoms with Gasteiger partial charge in [-0.3, -0.25) is 0 Å². The Morgan fingerprint density at radius 3 is 3.06 bits per heavy atom. The van der Waals surface area contributed by atoms with Crippen LogP contribution in [0.5, 0.6) is 0 Å². The van der Waals surface area contributed by atoms with E-state index in [4.69, 9.17) is 4.42 Å². The zero-order valence-electron chi connectivity index (χ0n) is 10.0. The highest BCUT2D eigenvalue weighted by Gasteiger charge is 2.14. The predicted octanol–water partition coefficient (Wildman–Crippen LogP) is 3.74. The molecule has 0 aliphatic carbocycles. The SMILES string of the molecule is CCCNCc1ncoc1-c1cc(F)ccc1Br. The third-order valence-corrected chi connectivity index (χ3v) is 3.22. The quantitative estimate of drug-likeness (QED) is 0.855. The van der Waals surface area contributed by atoms with Gasteiger partial charge in [-0.1, -0.05) is 22.9 Å². The van der Waals surface area contributed by atoms with E-state index in [2.05, 4.69) is 33.2 Å². The highest BCUT2D eigenvalue weighted by Crippen LogP contribution is 2.31. The van der Waals surface area contributed by atoms with Gasteiger partial charge >= 0.3 is 0 Å². The van der Waals surface area contributed by atoms with Crippen LogP contribution >= 0.6 is 15.9 Å². The summed E-state index contributed by atoms with van der Waals surface area (Å²) in [7, 11) is 0. The number of aromatic nitrogens is 1. The van der Waals surface area contributed by atoms with E-state index in [9.17, 15) is 4.39 Å². The molecule has 5 heteroatoms. The van der Waals surface area contributed by atoms with Crippen molar-refractivity contribution in [2.45, 2.75) is 19.9 Å². The van der Waals surface area contributed by atoms with Crippen LogP contribution in [0.3, 0.4) is 0 Å². The lowest BCUT2D eigenvalue weighted by molar-refractivity contribution is 0.567. The van der Waals surface area contributed by atoms with Crippen LogP contribution < -0.4 is 5.32 Å². The van der Waals surface area contributed by atoms with E-state index in [0.29, 0.717) is 17.9 Å². The number of hydrogen-bond acceptors (Lipinski definition) is 3. The number of nitrogens with one attached hydrogen (secondary N) is 1. The van der Waals surface area contributed by atoms with Crippen molar-refractivity contribution in [2.24, 2.45) is 0 Å². The summed E-state index contributed by atoms with van der Waals surface area (Å²) >= 11 is 3.39. The van der Waals surface area contributed by atoms with Crippen LogP contribution in [0.4, 0.5) is 4.39 Å². The molecule has 0 bridgehead atoms. The smallest absolute Gasteiger partial charge is 0.181 e. The molecule has 1 N–H and O–H groups in total. The highest BCUT2D eigenvalue weighted by atomic mass is 79.9. The summed E-state index contributed by atoms with van der Waals surface area (Å²) in [6, 6.07) is 4.50. The maximum Gasteiger partial charge on any atom is 0.181 e. The molecule has 2 rings (SSSR count). The lowest BCUT2D eigenvalue weighted by Crippen LogP contribution is -2.14. The van der Waals surface area contributed by atoms with Gasteiger partial charge in [0.25, 0.3) is 0 Å². The minimum Gasteiger partial charge on any atom is -0.443 e. The second kappa shape index (κ2) is 6.11. The maximum atomic E-state index is 13.3. The summed E-state index contributed by atoms with van der Waals surface area (Å²) in [4.78, 5) is 4.16. The van der Waals surface area contributed by atoms with Crippen molar-refractivity contribution >= 4 is 15.9 Å². The molecule has 3 nitrogen and oxygen atoms in total. The maximum absolute atomic E-state index is 13.3. The lowest BCUT2D eigenvalue weighted by atomic mass is 10.1. The van der Waals surface area contributed by atoms with Crippen LogP contribution in [0.15, 0.2) is 33.5 Å². The molecule has 0 aliphatic rings. The van der Waals surface area contributed by atoms with E-state index in [1.165, 1.54) is 18.5 Å². The number of halogens is 2. The number of benzene rings is 1. The summed E-state index contributed by atoms with van der Waals surface area (Å²) in [5, 5.41) is 3.25. The molecule has 1 heterocycles. The van der Waals surface area contributed by atoms with Gasteiger partial charge in [0.2, 0.25) is 0 Å². The van der Waals surface area contributed by atoms with E-state index in [1.807, 2.05) is 0 Å². The van der Waals surface area contributed by atoms with Crippen molar-refractivity contribution in [1.29, 1.82) is 0 Å². The molecule has 0 spiro atoms. The van der Waals surface area contributed by atoms with Gasteiger partial charge in [-0.2, -0.15) is 0 Å². The third kappa shape index (κ3) is 2.97. The molecular weight excluding hydrogens is 299 g/mol. The predicted molar refractivity (Wildman–Crippen MR) is 71.6 cm³/mol. The van der Waals surface area contributed by atoms with Gasteiger partial charge in [0.1, 0.15) is 11.5 Å². The van der Waals surface area contributed by atoms with Gasteiger partial charge in [-0.15, -0.1) is 0 Å². The Balaban J connectivity index is 2.27. The Bertz CT molecular complexity index is 527. The molecule has 1 aromatic heterocycles. The van der Waals surface area contributed by atoms with Crippen molar-refractivity contribution in [1.82, 2.24) is 10.3 Å². The largest absolute Gasteiger partial charge is 0.443 e. The van der Waals surface area contributed by atoms with Gasteiger partial charge in [0.15, 0.2) is 12.2 Å². The van der Waals surface area contributed by atoms with Crippen molar-refractivity contribution in [3.05, 3.63) is 40.6 Å². The molecule has 0 fully saturated rings. The van der Waals surface area contributed by atoms with Crippen molar-refractivity contribution in [3.63, 3.8) is 0 Å². The molecule has 0 saturated carbocycles. The molecule has 2 aromatic rings. The van der Waals surface area contributed by atoms with Gasteiger partial charge < -0.3 is 9.73 Å². The monoisotopic (exact) mass is 312 g/mol. The fraction of sp³-hybridized carbons (Fsp3) is 0.308. The first kappa shape index (κ1) is 13.2. The molecule has 1 aromatic carbocycles. The lowest BCUT2D eigenvalue weighted by Gasteiger charge is -2.05. The average molecular weight is 313 g/mol. The van der Waals surface area contributed by atoms with Crippen LogP contribution in [0.2, 0.25) is 0 Å². The second-order valence-electron chi connectivity index (χ2n) is 3.93. The second-order valence-corrected chi connectivity index (χ2v) is 4.78. The van der Waals surface area contributed by atoms with E-state index in [0.717, 1.165) is 23.1 Å². The summed E-state index contributed by atoms with van der Waals surface area (Å²) in [6.45, 7) is 3.62. The van der Waals surface area contributed by atoms with E-state index in [1.54, 1.807) is 6.07 Å². The van der Waals surface area contributed by atoms with Gasteiger partial charge in [0, 0.05) is 16.6 Å². The molecule has 0 radical (unpaired) electrons. The molecule has 96 valence electrons. The van der Waals surface area contributed by atoms with Gasteiger partial charge in [0.05, 0.1) is 0 Å². The number of oxazole rings is 1. The Labute approximate surface area is 114 Å². The molecule has 18 heavy (non-hydrogen) atoms. The first-order valence-electron chi connectivity index (χ1n) is 5.81. The van der Waals surface area contributed by atoms with Crippen molar-refractivity contribution < 1.29 is 8.81 Å². The first-order chi connectivity index (χ1) is 8.72. The topological polar surface area (TPSA) is 38.1 Å². The van der Waals surface area contributed by atoms with Crippen LogP contribution in [-0.4, -0.2) is 11.5 Å². The highest BCUT2D eigenvalue weighted by molar-refractivity contribution is 9.10. The summed E-state index contributed by atoms with van der Waals surface area (Å²) in [5.74, 6) is 0.307. The average Bonchev–Trinajstić information content (AvgIpc) is 2.81. The molecule has 0 atom stereocenters. The normalized spacial score (nSPS) is 10.8. The minimum absolute atomic E-state index is 0.294. The summed E-state index contributed by atoms with van der Waals surface area (Å²) in [5.41, 5.74) is 1.47. The molecule has 0 saturated heterocycles. The van der Waals surface area contributed by atoms with Crippen LogP contribution in [0, 0.1) is 5.82 Å². The van der Waals surface area contributed by atoms with Crippen LogP contribution in [-0.2, 0) is 6.54 Å². The number of nitrogens with zero attached hydrogens (tertiary/aromatic N) is 1. The van der Waals surface area contributed by atoms with E-state index >= 15 is 0 Å². The van der Waals surface area contributed by atoms with Gasteiger partial charge in [-0.25, -0.2) is 9.37 Å². The first-order valence-corrected chi connectivity index (χ1v) is 6.60. The summed E-state index contributed by atoms with van der Waals surface area (Å²) < 4.78 is 19.4. The summed E-state index contributed by atoms with van der Waals surface area (Å²) in [6.07, 6.45) is 2.44. The van der Waals surface area contributed by atoms with Crippen molar-refractivity contribution in [3.8, 4) is 11.3 Å². The Morgan fingerprint density at radius 1 is 1.44 bits per heavy atom. The Kier molecular flexibility index (Phi) is 4.49. The van der Waals surface area contributed by atoms with E-state index < -0.39 is 0 Å². The Hall–Kier alpha value is -1.20. The number of hydrogen-bond donors (Lipinski definition) is 1. The standard InChI is InChI=1S/C13H14BrFN2O/c1-2-5-16-7-12-13(18-8-17-12)10-6-9(15)3-4-11(10)14/h3-4,6,8,16H,2,5,7H2,1H3. The van der Waals surface area contributed by atoms with Crippen LogP contribution in [0.25, 0.3) is 11.3 Å². The van der Waals surface area contributed by atoms with Crippen molar-refractivity contribution in [2.75, 3.05) is 6.54 Å². The fourth-order valence-electron chi connectivity index (χ4n) is 1.67. The van der Waals surface area contributed by atoms with Crippen LogP contribution in [0.1, 0.15) is 19.0 Å². The number of rotatable bonds is 5. The molecular formula is C13H14BrFN2O. The zero-order chi connectivity index (χ0) is 13.0. The molecule has 0 aliphatic heterocycles. The zero-order valence-corrected chi connectivity index (χ0v) is 11.6.